The quantitative estimate of drug-likeness (QED) is 0.0787. The van der Waals surface area contributed by atoms with Crippen molar-refractivity contribution in [1.82, 2.24) is 5.32 Å². The molecule has 230 valence electrons. The molecule has 0 aliphatic heterocycles. The minimum absolute atomic E-state index is 0.00474. The van der Waals surface area contributed by atoms with Gasteiger partial charge in [0.05, 0.1) is 5.75 Å². The van der Waals surface area contributed by atoms with Gasteiger partial charge in [-0.05, 0) is 86.6 Å². The van der Waals surface area contributed by atoms with Crippen molar-refractivity contribution in [2.75, 3.05) is 16.4 Å². The highest BCUT2D eigenvalue weighted by Crippen LogP contribution is 2.25. The molecule has 0 radical (unpaired) electrons. The van der Waals surface area contributed by atoms with E-state index in [4.69, 9.17) is 4.42 Å². The maximum absolute atomic E-state index is 13.4. The normalized spacial score (nSPS) is 11.0. The summed E-state index contributed by atoms with van der Waals surface area (Å²) in [5.74, 6) is 0.00146. The van der Waals surface area contributed by atoms with Crippen LogP contribution in [0.4, 0.5) is 11.4 Å². The zero-order valence-corrected chi connectivity index (χ0v) is 26.0. The molecule has 0 spiro atoms. The summed E-state index contributed by atoms with van der Waals surface area (Å²) in [5.41, 5.74) is 4.12. The number of hydrogen-bond acceptors (Lipinski definition) is 6. The third kappa shape index (κ3) is 8.71. The third-order valence-electron chi connectivity index (χ3n) is 6.84. The average Bonchev–Trinajstić information content (AvgIpc) is 3.53. The minimum Gasteiger partial charge on any atom is -0.457 e. The van der Waals surface area contributed by atoms with Crippen molar-refractivity contribution in [3.05, 3.63) is 143 Å². The van der Waals surface area contributed by atoms with Crippen LogP contribution in [0.1, 0.15) is 39.0 Å². The lowest BCUT2D eigenvalue weighted by atomic mass is 10.1. The van der Waals surface area contributed by atoms with Crippen LogP contribution in [-0.4, -0.2) is 29.3 Å². The molecule has 0 atom stereocenters. The number of Topliss-reactive ketones (excluding diaryl/α,β-unsaturated/α-hetero) is 1. The summed E-state index contributed by atoms with van der Waals surface area (Å²) in [6.07, 6.45) is 1.49. The second kappa shape index (κ2) is 14.9. The lowest BCUT2D eigenvalue weighted by Crippen LogP contribution is -2.30. The molecule has 0 aliphatic rings. The fraction of sp³-hybridized carbons (Fsp3) is 0.0811. The molecule has 0 saturated carbocycles. The standard InChI is InChI=1S/C37H31N3O5S/c1-24-8-10-27(11-9-24)34-21-18-31(45-34)22-33(40-36(43)28-6-4-3-5-7-28)37(44)39-30-16-19-32(20-17-30)46-23-35(42)38-29-14-12-26(13-15-29)25(2)41/h3-22H,23H2,1-2H3,(H,38,42)(H,39,44)(H,40,43). The summed E-state index contributed by atoms with van der Waals surface area (Å²) in [6, 6.07) is 33.8. The van der Waals surface area contributed by atoms with Gasteiger partial charge in [-0.25, -0.2) is 0 Å². The zero-order valence-electron chi connectivity index (χ0n) is 25.2. The van der Waals surface area contributed by atoms with E-state index in [9.17, 15) is 19.2 Å². The van der Waals surface area contributed by atoms with Crippen LogP contribution in [0.15, 0.2) is 130 Å². The van der Waals surface area contributed by atoms with Crippen molar-refractivity contribution < 1.29 is 23.6 Å². The van der Waals surface area contributed by atoms with E-state index in [2.05, 4.69) is 16.0 Å². The predicted octanol–water partition coefficient (Wildman–Crippen LogP) is 7.60. The lowest BCUT2D eigenvalue weighted by molar-refractivity contribution is -0.114. The Balaban J connectivity index is 1.24. The molecule has 8 nitrogen and oxygen atoms in total. The first-order chi connectivity index (χ1) is 22.2. The van der Waals surface area contributed by atoms with Crippen LogP contribution in [0.25, 0.3) is 17.4 Å². The van der Waals surface area contributed by atoms with Crippen LogP contribution in [0, 0.1) is 6.92 Å². The number of carbonyl (C=O) groups is 4. The monoisotopic (exact) mass is 629 g/mol. The van der Waals surface area contributed by atoms with Gasteiger partial charge in [-0.3, -0.25) is 19.2 Å². The molecule has 46 heavy (non-hydrogen) atoms. The smallest absolute Gasteiger partial charge is 0.272 e. The van der Waals surface area contributed by atoms with Crippen LogP contribution in [0.3, 0.4) is 0 Å². The number of benzene rings is 4. The van der Waals surface area contributed by atoms with Crippen molar-refractivity contribution in [3.63, 3.8) is 0 Å². The number of hydrogen-bond donors (Lipinski definition) is 3. The van der Waals surface area contributed by atoms with E-state index in [0.717, 1.165) is 16.0 Å². The Labute approximate surface area is 270 Å². The SMILES string of the molecule is CC(=O)c1ccc(NC(=O)CSc2ccc(NC(=O)C(=Cc3ccc(-c4ccc(C)cc4)o3)NC(=O)c3ccccc3)cc2)cc1. The van der Waals surface area contributed by atoms with E-state index >= 15 is 0 Å². The second-order valence-electron chi connectivity index (χ2n) is 10.4. The molecule has 0 unspecified atom stereocenters. The van der Waals surface area contributed by atoms with E-state index in [0.29, 0.717) is 34.0 Å². The Kier molecular flexibility index (Phi) is 10.3. The van der Waals surface area contributed by atoms with Crippen LogP contribution >= 0.6 is 11.8 Å². The molecular formula is C37H31N3O5S. The summed E-state index contributed by atoms with van der Waals surface area (Å²) in [6.45, 7) is 3.50. The topological polar surface area (TPSA) is 118 Å². The Morgan fingerprint density at radius 1 is 0.717 bits per heavy atom. The fourth-order valence-corrected chi connectivity index (χ4v) is 5.05. The molecule has 5 rings (SSSR count). The van der Waals surface area contributed by atoms with Crippen LogP contribution in [-0.2, 0) is 9.59 Å². The molecule has 0 fully saturated rings. The Morgan fingerprint density at radius 3 is 2.04 bits per heavy atom. The molecule has 0 saturated heterocycles. The zero-order chi connectivity index (χ0) is 32.5. The van der Waals surface area contributed by atoms with Gasteiger partial charge in [-0.15, -0.1) is 11.8 Å². The molecule has 0 bridgehead atoms. The number of anilines is 2. The Hall–Kier alpha value is -5.67. The lowest BCUT2D eigenvalue weighted by Gasteiger charge is -2.11. The van der Waals surface area contributed by atoms with E-state index in [-0.39, 0.29) is 23.1 Å². The summed E-state index contributed by atoms with van der Waals surface area (Å²) >= 11 is 1.34. The van der Waals surface area contributed by atoms with Crippen LogP contribution in [0.2, 0.25) is 0 Å². The Bertz CT molecular complexity index is 1880. The van der Waals surface area contributed by atoms with Crippen molar-refractivity contribution in [3.8, 4) is 11.3 Å². The van der Waals surface area contributed by atoms with Gasteiger partial charge in [0, 0.05) is 39.0 Å². The average molecular weight is 630 g/mol. The third-order valence-corrected chi connectivity index (χ3v) is 7.85. The van der Waals surface area contributed by atoms with Gasteiger partial charge in [0.25, 0.3) is 11.8 Å². The highest BCUT2D eigenvalue weighted by molar-refractivity contribution is 8.00. The number of ketones is 1. The molecular weight excluding hydrogens is 598 g/mol. The van der Waals surface area contributed by atoms with Gasteiger partial charge >= 0.3 is 0 Å². The van der Waals surface area contributed by atoms with E-state index in [1.807, 2.05) is 37.3 Å². The van der Waals surface area contributed by atoms with Gasteiger partial charge in [0.15, 0.2) is 5.78 Å². The summed E-state index contributed by atoms with van der Waals surface area (Å²) in [7, 11) is 0. The number of rotatable bonds is 11. The number of aryl methyl sites for hydroxylation is 1. The first kappa shape index (κ1) is 31.7. The van der Waals surface area contributed by atoms with Crippen LogP contribution < -0.4 is 16.0 Å². The first-order valence-electron chi connectivity index (χ1n) is 14.4. The van der Waals surface area contributed by atoms with Gasteiger partial charge in [-0.2, -0.15) is 0 Å². The largest absolute Gasteiger partial charge is 0.457 e. The first-order valence-corrected chi connectivity index (χ1v) is 15.4. The molecule has 9 heteroatoms. The molecule has 3 N–H and O–H groups in total. The number of furan rings is 1. The van der Waals surface area contributed by atoms with Crippen molar-refractivity contribution in [2.45, 2.75) is 18.7 Å². The van der Waals surface area contributed by atoms with Gasteiger partial charge in [0.2, 0.25) is 5.91 Å². The fourth-order valence-electron chi connectivity index (χ4n) is 4.36. The van der Waals surface area contributed by atoms with Crippen molar-refractivity contribution in [1.29, 1.82) is 0 Å². The molecule has 3 amide bonds. The number of carbonyl (C=O) groups excluding carboxylic acids is 4. The highest BCUT2D eigenvalue weighted by atomic mass is 32.2. The number of amides is 3. The maximum Gasteiger partial charge on any atom is 0.272 e. The van der Waals surface area contributed by atoms with Gasteiger partial charge in [0.1, 0.15) is 17.2 Å². The second-order valence-corrected chi connectivity index (χ2v) is 11.4. The molecule has 5 aromatic rings. The van der Waals surface area contributed by atoms with Gasteiger partial charge in [-0.1, -0.05) is 48.0 Å². The van der Waals surface area contributed by atoms with Crippen LogP contribution in [0.5, 0.6) is 0 Å². The van der Waals surface area contributed by atoms with Crippen molar-refractivity contribution in [2.24, 2.45) is 0 Å². The summed E-state index contributed by atoms with van der Waals surface area (Å²) in [4.78, 5) is 51.1. The molecule has 4 aromatic carbocycles. The summed E-state index contributed by atoms with van der Waals surface area (Å²) < 4.78 is 5.99. The molecule has 1 aromatic heterocycles. The summed E-state index contributed by atoms with van der Waals surface area (Å²) in [5, 5.41) is 8.35. The number of thioether (sulfide) groups is 1. The Morgan fingerprint density at radius 2 is 1.37 bits per heavy atom. The van der Waals surface area contributed by atoms with Crippen molar-refractivity contribution >= 4 is 52.7 Å². The van der Waals surface area contributed by atoms with Gasteiger partial charge < -0.3 is 20.4 Å². The minimum atomic E-state index is -0.534. The van der Waals surface area contributed by atoms with E-state index in [1.165, 1.54) is 24.8 Å². The van der Waals surface area contributed by atoms with E-state index < -0.39 is 11.8 Å². The molecule has 0 aliphatic carbocycles. The number of nitrogens with one attached hydrogen (secondary N) is 3. The highest BCUT2D eigenvalue weighted by Gasteiger charge is 2.17. The molecule has 1 heterocycles. The maximum atomic E-state index is 13.4. The van der Waals surface area contributed by atoms with E-state index in [1.54, 1.807) is 84.9 Å². The predicted molar refractivity (Wildman–Crippen MR) is 182 cm³/mol.